The number of amides is 2. The lowest BCUT2D eigenvalue weighted by Gasteiger charge is -2.15. The van der Waals surface area contributed by atoms with Crippen LogP contribution in [0.25, 0.3) is 0 Å². The van der Waals surface area contributed by atoms with Crippen LogP contribution in [0.4, 0.5) is 5.69 Å². The highest BCUT2D eigenvalue weighted by atomic mass is 16.5. The quantitative estimate of drug-likeness (QED) is 0.648. The van der Waals surface area contributed by atoms with Crippen LogP contribution in [0.3, 0.4) is 0 Å². The van der Waals surface area contributed by atoms with Gasteiger partial charge in [-0.25, -0.2) is 0 Å². The van der Waals surface area contributed by atoms with Crippen LogP contribution in [0.15, 0.2) is 61.2 Å². The van der Waals surface area contributed by atoms with Gasteiger partial charge in [-0.2, -0.15) is 0 Å². The topological polar surface area (TPSA) is 63.1 Å². The predicted octanol–water partition coefficient (Wildman–Crippen LogP) is 1.61. The summed E-state index contributed by atoms with van der Waals surface area (Å²) >= 11 is 0. The summed E-state index contributed by atoms with van der Waals surface area (Å²) in [5.41, 5.74) is 2.39. The van der Waals surface area contributed by atoms with Gasteiger partial charge < -0.3 is 19.9 Å². The van der Waals surface area contributed by atoms with Crippen LogP contribution in [-0.2, 0) is 11.3 Å². The van der Waals surface area contributed by atoms with Crippen LogP contribution in [0.1, 0.15) is 15.9 Å². The minimum atomic E-state index is -0.0740. The molecule has 0 fully saturated rings. The molecule has 2 aromatic carbocycles. The van der Waals surface area contributed by atoms with Crippen molar-refractivity contribution in [2.75, 3.05) is 39.6 Å². The van der Waals surface area contributed by atoms with Crippen molar-refractivity contribution in [3.8, 4) is 5.75 Å². The number of rotatable bonds is 9. The van der Waals surface area contributed by atoms with E-state index in [-0.39, 0.29) is 11.8 Å². The summed E-state index contributed by atoms with van der Waals surface area (Å²) < 4.78 is 5.47. The van der Waals surface area contributed by atoms with E-state index in [1.807, 2.05) is 31.3 Å². The summed E-state index contributed by atoms with van der Waals surface area (Å²) in [6, 6.07) is 14.7. The molecule has 1 atom stereocenters. The normalized spacial score (nSPS) is 11.4. The van der Waals surface area contributed by atoms with E-state index in [4.69, 9.17) is 4.74 Å². The number of nitrogens with one attached hydrogen (secondary N) is 2. The highest BCUT2D eigenvalue weighted by Crippen LogP contribution is 2.12. The molecule has 0 aliphatic carbocycles. The number of likely N-dealkylation sites (N-methyl/N-ethyl adjacent to an activating group) is 1. The molecule has 2 rings (SSSR count). The van der Waals surface area contributed by atoms with Crippen molar-refractivity contribution in [1.82, 2.24) is 4.90 Å². The van der Waals surface area contributed by atoms with Gasteiger partial charge in [0.25, 0.3) is 11.8 Å². The SMILES string of the molecule is C=CCOc1ccc(C[NH+](C)CC(=O)Nc2ccc(C(=O)N(C)C)cc2)cc1. The van der Waals surface area contributed by atoms with Crippen LogP contribution >= 0.6 is 0 Å². The van der Waals surface area contributed by atoms with Gasteiger partial charge >= 0.3 is 0 Å². The van der Waals surface area contributed by atoms with E-state index in [0.29, 0.717) is 24.4 Å². The van der Waals surface area contributed by atoms with Gasteiger partial charge in [-0.1, -0.05) is 12.7 Å². The Morgan fingerprint density at radius 3 is 2.32 bits per heavy atom. The maximum Gasteiger partial charge on any atom is 0.279 e. The Kier molecular flexibility index (Phi) is 7.77. The lowest BCUT2D eigenvalue weighted by atomic mass is 10.2. The molecule has 0 saturated heterocycles. The van der Waals surface area contributed by atoms with Crippen molar-refractivity contribution in [3.63, 3.8) is 0 Å². The molecule has 0 radical (unpaired) electrons. The summed E-state index contributed by atoms with van der Waals surface area (Å²) in [5.74, 6) is 0.660. The van der Waals surface area contributed by atoms with E-state index >= 15 is 0 Å². The summed E-state index contributed by atoms with van der Waals surface area (Å²) in [4.78, 5) is 26.8. The Bertz CT molecular complexity index is 799. The third-order valence-corrected chi connectivity index (χ3v) is 4.08. The zero-order valence-corrected chi connectivity index (χ0v) is 16.7. The molecule has 2 amide bonds. The average Bonchev–Trinajstić information content (AvgIpc) is 2.67. The van der Waals surface area contributed by atoms with Gasteiger partial charge in [0.05, 0.1) is 7.05 Å². The van der Waals surface area contributed by atoms with Gasteiger partial charge in [0.1, 0.15) is 18.9 Å². The Hall–Kier alpha value is -3.12. The van der Waals surface area contributed by atoms with E-state index in [1.165, 1.54) is 4.90 Å². The number of ether oxygens (including phenoxy) is 1. The van der Waals surface area contributed by atoms with E-state index < -0.39 is 0 Å². The standard InChI is InChI=1S/C22H27N3O3/c1-5-14-28-20-12-6-17(7-13-20)15-25(4)16-21(26)23-19-10-8-18(9-11-19)22(27)24(2)3/h5-13H,1,14-16H2,2-4H3,(H,23,26)/p+1. The molecule has 0 aliphatic heterocycles. The number of hydrogen-bond donors (Lipinski definition) is 2. The monoisotopic (exact) mass is 382 g/mol. The van der Waals surface area contributed by atoms with Crippen molar-refractivity contribution in [2.24, 2.45) is 0 Å². The summed E-state index contributed by atoms with van der Waals surface area (Å²) in [7, 11) is 5.39. The molecule has 2 N–H and O–H groups in total. The maximum atomic E-state index is 12.3. The molecule has 0 aliphatic rings. The third kappa shape index (κ3) is 6.55. The Labute approximate surface area is 166 Å². The smallest absolute Gasteiger partial charge is 0.279 e. The van der Waals surface area contributed by atoms with E-state index in [9.17, 15) is 9.59 Å². The zero-order valence-electron chi connectivity index (χ0n) is 16.7. The fraction of sp³-hybridized carbons (Fsp3) is 0.273. The second-order valence-corrected chi connectivity index (χ2v) is 6.88. The van der Waals surface area contributed by atoms with Crippen molar-refractivity contribution < 1.29 is 19.2 Å². The van der Waals surface area contributed by atoms with Gasteiger partial charge in [0.15, 0.2) is 6.54 Å². The first-order valence-electron chi connectivity index (χ1n) is 9.14. The molecule has 6 heteroatoms. The van der Waals surface area contributed by atoms with Crippen molar-refractivity contribution >= 4 is 17.5 Å². The van der Waals surface area contributed by atoms with Crippen LogP contribution in [0, 0.1) is 0 Å². The molecule has 2 aromatic rings. The van der Waals surface area contributed by atoms with Crippen molar-refractivity contribution in [2.45, 2.75) is 6.54 Å². The minimum Gasteiger partial charge on any atom is -0.490 e. The van der Waals surface area contributed by atoms with Crippen LogP contribution < -0.4 is 15.0 Å². The van der Waals surface area contributed by atoms with Crippen LogP contribution in [0.2, 0.25) is 0 Å². The van der Waals surface area contributed by atoms with E-state index in [0.717, 1.165) is 22.8 Å². The molecule has 0 heterocycles. The van der Waals surface area contributed by atoms with Gasteiger partial charge in [-0.15, -0.1) is 0 Å². The number of quaternary nitrogens is 1. The molecule has 0 bridgehead atoms. The first-order chi connectivity index (χ1) is 13.4. The first-order valence-corrected chi connectivity index (χ1v) is 9.14. The molecule has 0 spiro atoms. The number of carbonyl (C=O) groups excluding carboxylic acids is 2. The Balaban J connectivity index is 1.83. The molecule has 6 nitrogen and oxygen atoms in total. The number of nitrogens with zero attached hydrogens (tertiary/aromatic N) is 1. The van der Waals surface area contributed by atoms with E-state index in [2.05, 4.69) is 11.9 Å². The Morgan fingerprint density at radius 1 is 1.11 bits per heavy atom. The first kappa shape index (κ1) is 21.2. The second kappa shape index (κ2) is 10.3. The van der Waals surface area contributed by atoms with Crippen molar-refractivity contribution in [3.05, 3.63) is 72.3 Å². The van der Waals surface area contributed by atoms with Crippen LogP contribution in [-0.4, -0.2) is 51.0 Å². The van der Waals surface area contributed by atoms with E-state index in [1.54, 1.807) is 44.4 Å². The molecule has 28 heavy (non-hydrogen) atoms. The lowest BCUT2D eigenvalue weighted by molar-refractivity contribution is -0.885. The van der Waals surface area contributed by atoms with Gasteiger partial charge in [-0.05, 0) is 48.5 Å². The molecule has 1 unspecified atom stereocenters. The Morgan fingerprint density at radius 2 is 1.75 bits per heavy atom. The highest BCUT2D eigenvalue weighted by molar-refractivity contribution is 5.95. The van der Waals surface area contributed by atoms with Gasteiger partial charge in [0.2, 0.25) is 0 Å². The average molecular weight is 382 g/mol. The summed E-state index contributed by atoms with van der Waals surface area (Å²) in [5, 5.41) is 2.87. The fourth-order valence-corrected chi connectivity index (χ4v) is 2.70. The predicted molar refractivity (Wildman–Crippen MR) is 111 cm³/mol. The zero-order chi connectivity index (χ0) is 20.5. The van der Waals surface area contributed by atoms with Gasteiger partial charge in [0, 0.05) is 30.9 Å². The fourth-order valence-electron chi connectivity index (χ4n) is 2.70. The lowest BCUT2D eigenvalue weighted by Crippen LogP contribution is -3.08. The summed E-state index contributed by atoms with van der Waals surface area (Å²) in [6.45, 7) is 5.18. The molecule has 148 valence electrons. The van der Waals surface area contributed by atoms with Crippen LogP contribution in [0.5, 0.6) is 5.75 Å². The third-order valence-electron chi connectivity index (χ3n) is 4.08. The largest absolute Gasteiger partial charge is 0.490 e. The number of anilines is 1. The molecular formula is C22H28N3O3+. The second-order valence-electron chi connectivity index (χ2n) is 6.88. The molecular weight excluding hydrogens is 354 g/mol. The van der Waals surface area contributed by atoms with Gasteiger partial charge in [-0.3, -0.25) is 9.59 Å². The number of hydrogen-bond acceptors (Lipinski definition) is 3. The number of carbonyl (C=O) groups is 2. The molecule has 0 saturated carbocycles. The summed E-state index contributed by atoms with van der Waals surface area (Å²) in [6.07, 6.45) is 1.71. The highest BCUT2D eigenvalue weighted by Gasteiger charge is 2.12. The number of benzene rings is 2. The minimum absolute atomic E-state index is 0.0667. The van der Waals surface area contributed by atoms with Crippen molar-refractivity contribution in [1.29, 1.82) is 0 Å². The molecule has 0 aromatic heterocycles. The maximum absolute atomic E-state index is 12.3.